The van der Waals surface area contributed by atoms with E-state index in [4.69, 9.17) is 0 Å². The van der Waals surface area contributed by atoms with E-state index in [1.54, 1.807) is 13.8 Å². The molecule has 1 aliphatic rings. The number of hydrogen-bond acceptors (Lipinski definition) is 6. The van der Waals surface area contributed by atoms with Crippen LogP contribution in [0.1, 0.15) is 29.8 Å². The van der Waals surface area contributed by atoms with Gasteiger partial charge in [0, 0.05) is 25.2 Å². The Bertz CT molecular complexity index is 959. The monoisotopic (exact) mass is 431 g/mol. The van der Waals surface area contributed by atoms with Gasteiger partial charge in [-0.05, 0) is 31.5 Å². The Hall–Kier alpha value is -1.98. The van der Waals surface area contributed by atoms with Crippen molar-refractivity contribution in [2.45, 2.75) is 31.7 Å². The first-order valence-corrected chi connectivity index (χ1v) is 12.2. The zero-order valence-corrected chi connectivity index (χ0v) is 17.7. The van der Waals surface area contributed by atoms with Crippen LogP contribution in [-0.2, 0) is 24.7 Å². The molecule has 2 rings (SSSR count). The van der Waals surface area contributed by atoms with Crippen LogP contribution in [0, 0.1) is 6.92 Å². The summed E-state index contributed by atoms with van der Waals surface area (Å²) in [7, 11) is -6.83. The normalized spacial score (nSPS) is 17.8. The highest BCUT2D eigenvalue weighted by Crippen LogP contribution is 2.16. The van der Waals surface area contributed by atoms with Crippen LogP contribution < -0.4 is 10.0 Å². The highest BCUT2D eigenvalue weighted by Gasteiger charge is 2.29. The van der Waals surface area contributed by atoms with E-state index in [9.17, 15) is 26.4 Å². The van der Waals surface area contributed by atoms with E-state index in [-0.39, 0.29) is 47.5 Å². The lowest BCUT2D eigenvalue weighted by Gasteiger charge is -2.29. The Balaban J connectivity index is 2.13. The summed E-state index contributed by atoms with van der Waals surface area (Å²) in [5.41, 5.74) is 0.719. The van der Waals surface area contributed by atoms with Crippen LogP contribution in [0.5, 0.6) is 0 Å². The average Bonchev–Trinajstić information content (AvgIpc) is 2.61. The number of amides is 2. The second kappa shape index (κ2) is 8.58. The molecule has 2 N–H and O–H groups in total. The van der Waals surface area contributed by atoms with Crippen LogP contribution in [0.2, 0.25) is 0 Å². The second-order valence-electron chi connectivity index (χ2n) is 6.65. The average molecular weight is 432 g/mol. The van der Waals surface area contributed by atoms with E-state index < -0.39 is 31.8 Å². The summed E-state index contributed by atoms with van der Waals surface area (Å²) in [5.74, 6) is -1.14. The summed E-state index contributed by atoms with van der Waals surface area (Å²) < 4.78 is 49.6. The minimum Gasteiger partial charge on any atom is -0.341 e. The number of rotatable bonds is 6. The van der Waals surface area contributed by atoms with E-state index in [0.29, 0.717) is 5.56 Å². The van der Waals surface area contributed by atoms with Gasteiger partial charge >= 0.3 is 0 Å². The summed E-state index contributed by atoms with van der Waals surface area (Å²) >= 11 is 0. The fraction of sp³-hybridized carbons (Fsp3) is 0.529. The van der Waals surface area contributed by atoms with Crippen molar-refractivity contribution in [2.24, 2.45) is 0 Å². The molecule has 2 amide bonds. The predicted octanol–water partition coefficient (Wildman–Crippen LogP) is -0.331. The van der Waals surface area contributed by atoms with Gasteiger partial charge in [-0.1, -0.05) is 13.0 Å². The van der Waals surface area contributed by atoms with Gasteiger partial charge in [-0.2, -0.15) is 0 Å². The molecule has 0 spiro atoms. The first-order chi connectivity index (χ1) is 13.0. The SMILES string of the molecule is CCNS(=O)(=O)c1ccc(C)c(C(=O)NC(C)C(=O)N2CCS(=O)(=O)CC2)c1. The fourth-order valence-corrected chi connectivity index (χ4v) is 5.10. The van der Waals surface area contributed by atoms with Crippen LogP contribution in [0.25, 0.3) is 0 Å². The lowest BCUT2D eigenvalue weighted by atomic mass is 10.1. The van der Waals surface area contributed by atoms with E-state index in [1.807, 2.05) is 0 Å². The Labute approximate surface area is 165 Å². The van der Waals surface area contributed by atoms with Gasteiger partial charge in [0.1, 0.15) is 6.04 Å². The number of sulfone groups is 1. The molecule has 0 saturated carbocycles. The molecule has 11 heteroatoms. The quantitative estimate of drug-likeness (QED) is 0.634. The first kappa shape index (κ1) is 22.3. The number of sulfonamides is 1. The molecule has 156 valence electrons. The van der Waals surface area contributed by atoms with E-state index >= 15 is 0 Å². The van der Waals surface area contributed by atoms with Crippen molar-refractivity contribution in [1.29, 1.82) is 0 Å². The maximum atomic E-state index is 12.6. The molecule has 1 atom stereocenters. The van der Waals surface area contributed by atoms with Crippen molar-refractivity contribution in [1.82, 2.24) is 14.9 Å². The number of carbonyl (C=O) groups is 2. The zero-order chi connectivity index (χ0) is 21.1. The van der Waals surface area contributed by atoms with E-state index in [2.05, 4.69) is 10.0 Å². The molecule has 0 radical (unpaired) electrons. The molecule has 1 saturated heterocycles. The zero-order valence-electron chi connectivity index (χ0n) is 16.1. The van der Waals surface area contributed by atoms with Gasteiger partial charge in [-0.15, -0.1) is 0 Å². The highest BCUT2D eigenvalue weighted by atomic mass is 32.2. The molecule has 1 aromatic carbocycles. The largest absolute Gasteiger partial charge is 0.341 e. The fourth-order valence-electron chi connectivity index (χ4n) is 2.83. The van der Waals surface area contributed by atoms with Crippen LogP contribution in [0.15, 0.2) is 23.1 Å². The van der Waals surface area contributed by atoms with Crippen molar-refractivity contribution in [3.8, 4) is 0 Å². The third-order valence-corrected chi connectivity index (χ3v) is 7.62. The summed E-state index contributed by atoms with van der Waals surface area (Å²) in [6.45, 7) is 5.24. The summed E-state index contributed by atoms with van der Waals surface area (Å²) in [6.07, 6.45) is 0. The van der Waals surface area contributed by atoms with Gasteiger partial charge in [-0.3, -0.25) is 9.59 Å². The Morgan fingerprint density at radius 2 is 1.82 bits per heavy atom. The Morgan fingerprint density at radius 1 is 1.21 bits per heavy atom. The third-order valence-electron chi connectivity index (χ3n) is 4.47. The lowest BCUT2D eigenvalue weighted by molar-refractivity contribution is -0.132. The molecule has 0 aliphatic carbocycles. The molecule has 0 aromatic heterocycles. The van der Waals surface area contributed by atoms with Gasteiger partial charge in [-0.25, -0.2) is 21.6 Å². The van der Waals surface area contributed by atoms with Gasteiger partial charge < -0.3 is 10.2 Å². The summed E-state index contributed by atoms with van der Waals surface area (Å²) in [5, 5.41) is 2.57. The van der Waals surface area contributed by atoms with Gasteiger partial charge in [0.15, 0.2) is 9.84 Å². The molecular weight excluding hydrogens is 406 g/mol. The van der Waals surface area contributed by atoms with E-state index in [1.165, 1.54) is 30.0 Å². The van der Waals surface area contributed by atoms with Crippen LogP contribution in [-0.4, -0.2) is 70.7 Å². The molecule has 1 unspecified atom stereocenters. The number of nitrogens with one attached hydrogen (secondary N) is 2. The molecule has 1 aromatic rings. The van der Waals surface area contributed by atoms with Crippen molar-refractivity contribution in [3.05, 3.63) is 29.3 Å². The smallest absolute Gasteiger partial charge is 0.252 e. The van der Waals surface area contributed by atoms with Gasteiger partial charge in [0.25, 0.3) is 5.91 Å². The van der Waals surface area contributed by atoms with Gasteiger partial charge in [0.05, 0.1) is 16.4 Å². The number of nitrogens with zero attached hydrogens (tertiary/aromatic N) is 1. The minimum absolute atomic E-state index is 0.0367. The Kier molecular flexibility index (Phi) is 6.84. The van der Waals surface area contributed by atoms with Crippen molar-refractivity contribution in [3.63, 3.8) is 0 Å². The standard InChI is InChI=1S/C17H25N3O6S2/c1-4-18-28(25,26)14-6-5-12(2)15(11-14)16(21)19-13(3)17(22)20-7-9-27(23,24)10-8-20/h5-6,11,13,18H,4,7-10H2,1-3H3,(H,19,21). The predicted molar refractivity (Wildman–Crippen MR) is 104 cm³/mol. The molecule has 0 bridgehead atoms. The number of carbonyl (C=O) groups excluding carboxylic acids is 2. The number of hydrogen-bond donors (Lipinski definition) is 2. The maximum absolute atomic E-state index is 12.6. The minimum atomic E-state index is -3.72. The lowest BCUT2D eigenvalue weighted by Crippen LogP contribution is -2.51. The van der Waals surface area contributed by atoms with Crippen molar-refractivity contribution >= 4 is 31.7 Å². The highest BCUT2D eigenvalue weighted by molar-refractivity contribution is 7.91. The number of aryl methyl sites for hydroxylation is 1. The molecule has 1 aliphatic heterocycles. The summed E-state index contributed by atoms with van der Waals surface area (Å²) in [6, 6.07) is 3.34. The molecule has 1 heterocycles. The molecule has 9 nitrogen and oxygen atoms in total. The summed E-state index contributed by atoms with van der Waals surface area (Å²) in [4.78, 5) is 26.5. The molecule has 28 heavy (non-hydrogen) atoms. The van der Waals surface area contributed by atoms with Gasteiger partial charge in [0.2, 0.25) is 15.9 Å². The van der Waals surface area contributed by atoms with Crippen LogP contribution in [0.4, 0.5) is 0 Å². The number of benzene rings is 1. The van der Waals surface area contributed by atoms with Crippen molar-refractivity contribution < 1.29 is 26.4 Å². The van der Waals surface area contributed by atoms with Crippen LogP contribution in [0.3, 0.4) is 0 Å². The Morgan fingerprint density at radius 3 is 2.39 bits per heavy atom. The first-order valence-electron chi connectivity index (χ1n) is 8.87. The third kappa shape index (κ3) is 5.30. The maximum Gasteiger partial charge on any atom is 0.252 e. The molecule has 1 fully saturated rings. The van der Waals surface area contributed by atoms with Crippen molar-refractivity contribution in [2.75, 3.05) is 31.1 Å². The second-order valence-corrected chi connectivity index (χ2v) is 10.7. The van der Waals surface area contributed by atoms with Crippen LogP contribution >= 0.6 is 0 Å². The molecular formula is C17H25N3O6S2. The van der Waals surface area contributed by atoms with E-state index in [0.717, 1.165) is 0 Å². The topological polar surface area (TPSA) is 130 Å².